The van der Waals surface area contributed by atoms with Gasteiger partial charge in [-0.1, -0.05) is 46.3 Å². The Labute approximate surface area is 121 Å². The molecule has 0 fully saturated rings. The average Bonchev–Trinajstić information content (AvgIpc) is 2.38. The van der Waals surface area contributed by atoms with Gasteiger partial charge in [0.25, 0.3) is 10.0 Å². The Morgan fingerprint density at radius 2 is 1.84 bits per heavy atom. The molecule has 0 aliphatic carbocycles. The number of alkyl halides is 1. The first kappa shape index (κ1) is 14.1. The summed E-state index contributed by atoms with van der Waals surface area (Å²) in [6.07, 6.45) is 0. The molecule has 0 radical (unpaired) electrons. The molecule has 0 aliphatic heterocycles. The number of sulfonamides is 1. The molecule has 3 nitrogen and oxygen atoms in total. The SMILES string of the molecule is Cc1ccccc1S(=O)(=O)Nc1cccc(CBr)c1. The van der Waals surface area contributed by atoms with Gasteiger partial charge in [0.05, 0.1) is 4.90 Å². The van der Waals surface area contributed by atoms with Crippen LogP contribution in [0.4, 0.5) is 5.69 Å². The van der Waals surface area contributed by atoms with E-state index in [0.29, 0.717) is 15.9 Å². The highest BCUT2D eigenvalue weighted by molar-refractivity contribution is 9.08. The maximum Gasteiger partial charge on any atom is 0.262 e. The minimum absolute atomic E-state index is 0.305. The van der Waals surface area contributed by atoms with Gasteiger partial charge in [-0.05, 0) is 36.2 Å². The lowest BCUT2D eigenvalue weighted by Crippen LogP contribution is -2.14. The summed E-state index contributed by atoms with van der Waals surface area (Å²) in [5.41, 5.74) is 2.32. The first-order valence-corrected chi connectivity index (χ1v) is 8.37. The maximum atomic E-state index is 12.3. The van der Waals surface area contributed by atoms with Crippen LogP contribution in [0.5, 0.6) is 0 Å². The van der Waals surface area contributed by atoms with E-state index in [1.165, 1.54) is 0 Å². The monoisotopic (exact) mass is 339 g/mol. The fourth-order valence-corrected chi connectivity index (χ4v) is 3.43. The van der Waals surface area contributed by atoms with Crippen LogP contribution in [0.2, 0.25) is 0 Å². The number of aryl methyl sites for hydroxylation is 1. The van der Waals surface area contributed by atoms with Gasteiger partial charge in [-0.25, -0.2) is 8.42 Å². The quantitative estimate of drug-likeness (QED) is 0.863. The lowest BCUT2D eigenvalue weighted by Gasteiger charge is -2.10. The van der Waals surface area contributed by atoms with Crippen molar-refractivity contribution >= 4 is 31.6 Å². The molecule has 2 aromatic rings. The number of hydrogen-bond donors (Lipinski definition) is 1. The van der Waals surface area contributed by atoms with Crippen LogP contribution in [0.25, 0.3) is 0 Å². The highest BCUT2D eigenvalue weighted by atomic mass is 79.9. The summed E-state index contributed by atoms with van der Waals surface area (Å²) < 4.78 is 27.2. The van der Waals surface area contributed by atoms with Crippen LogP contribution in [-0.2, 0) is 15.4 Å². The van der Waals surface area contributed by atoms with Gasteiger partial charge >= 0.3 is 0 Å². The van der Waals surface area contributed by atoms with E-state index in [0.717, 1.165) is 11.1 Å². The highest BCUT2D eigenvalue weighted by Crippen LogP contribution is 2.20. The summed E-state index contributed by atoms with van der Waals surface area (Å²) in [4.78, 5) is 0.305. The van der Waals surface area contributed by atoms with Gasteiger partial charge in [0, 0.05) is 11.0 Å². The molecule has 0 saturated heterocycles. The van der Waals surface area contributed by atoms with E-state index in [-0.39, 0.29) is 0 Å². The topological polar surface area (TPSA) is 46.2 Å². The molecule has 1 N–H and O–H groups in total. The third-order valence-corrected chi connectivity index (χ3v) is 4.91. The van der Waals surface area contributed by atoms with Gasteiger partial charge < -0.3 is 0 Å². The molecular weight excluding hydrogens is 326 g/mol. The van der Waals surface area contributed by atoms with E-state index in [1.807, 2.05) is 24.3 Å². The van der Waals surface area contributed by atoms with Crippen LogP contribution >= 0.6 is 15.9 Å². The number of rotatable bonds is 4. The molecule has 0 aromatic heterocycles. The molecule has 0 bridgehead atoms. The van der Waals surface area contributed by atoms with Crippen molar-refractivity contribution in [1.29, 1.82) is 0 Å². The minimum Gasteiger partial charge on any atom is -0.280 e. The Morgan fingerprint density at radius 3 is 2.53 bits per heavy atom. The fraction of sp³-hybridized carbons (Fsp3) is 0.143. The molecule has 0 aliphatic rings. The Kier molecular flexibility index (Phi) is 4.27. The van der Waals surface area contributed by atoms with Gasteiger partial charge in [-0.2, -0.15) is 0 Å². The predicted molar refractivity (Wildman–Crippen MR) is 81.1 cm³/mol. The average molecular weight is 340 g/mol. The van der Waals surface area contributed by atoms with Crippen LogP contribution in [0.1, 0.15) is 11.1 Å². The van der Waals surface area contributed by atoms with Crippen LogP contribution < -0.4 is 4.72 Å². The third-order valence-electron chi connectivity index (χ3n) is 2.72. The van der Waals surface area contributed by atoms with E-state index < -0.39 is 10.0 Å². The van der Waals surface area contributed by atoms with Crippen molar-refractivity contribution < 1.29 is 8.42 Å². The second-order valence-corrected chi connectivity index (χ2v) is 6.42. The lowest BCUT2D eigenvalue weighted by molar-refractivity contribution is 0.600. The van der Waals surface area contributed by atoms with E-state index in [1.54, 1.807) is 31.2 Å². The predicted octanol–water partition coefficient (Wildman–Crippen LogP) is 3.69. The zero-order valence-corrected chi connectivity index (χ0v) is 12.8. The lowest BCUT2D eigenvalue weighted by atomic mass is 10.2. The van der Waals surface area contributed by atoms with Crippen molar-refractivity contribution in [2.45, 2.75) is 17.1 Å². The first-order valence-electron chi connectivity index (χ1n) is 5.76. The standard InChI is InChI=1S/C14H14BrNO2S/c1-11-5-2-3-8-14(11)19(17,18)16-13-7-4-6-12(9-13)10-15/h2-9,16H,10H2,1H3. The second kappa shape index (κ2) is 5.75. The maximum absolute atomic E-state index is 12.3. The Hall–Kier alpha value is -1.33. The Morgan fingerprint density at radius 1 is 1.11 bits per heavy atom. The summed E-state index contributed by atoms with van der Waals surface area (Å²) in [6.45, 7) is 1.78. The van der Waals surface area contributed by atoms with Crippen molar-refractivity contribution in [3.05, 3.63) is 59.7 Å². The molecule has 100 valence electrons. The Balaban J connectivity index is 2.34. The van der Waals surface area contributed by atoms with Crippen LogP contribution in [-0.4, -0.2) is 8.42 Å². The van der Waals surface area contributed by atoms with Crippen molar-refractivity contribution in [2.24, 2.45) is 0 Å². The van der Waals surface area contributed by atoms with Crippen molar-refractivity contribution in [1.82, 2.24) is 0 Å². The Bertz CT molecular complexity index is 683. The summed E-state index contributed by atoms with van der Waals surface area (Å²) >= 11 is 3.35. The largest absolute Gasteiger partial charge is 0.280 e. The number of nitrogens with one attached hydrogen (secondary N) is 1. The zero-order chi connectivity index (χ0) is 13.9. The molecule has 0 heterocycles. The second-order valence-electron chi connectivity index (χ2n) is 4.21. The normalized spacial score (nSPS) is 11.3. The van der Waals surface area contributed by atoms with E-state index in [2.05, 4.69) is 20.7 Å². The van der Waals surface area contributed by atoms with Gasteiger partial charge in [0.1, 0.15) is 0 Å². The smallest absolute Gasteiger partial charge is 0.262 e. The van der Waals surface area contributed by atoms with Gasteiger partial charge in [0.15, 0.2) is 0 Å². The number of hydrogen-bond acceptors (Lipinski definition) is 2. The summed E-state index contributed by atoms with van der Waals surface area (Å²) in [6, 6.07) is 14.2. The third kappa shape index (κ3) is 3.36. The first-order chi connectivity index (χ1) is 9.03. The number of benzene rings is 2. The van der Waals surface area contributed by atoms with Gasteiger partial charge in [-0.3, -0.25) is 4.72 Å². The molecule has 0 amide bonds. The fourth-order valence-electron chi connectivity index (χ4n) is 1.79. The van der Waals surface area contributed by atoms with E-state index in [4.69, 9.17) is 0 Å². The molecular formula is C14H14BrNO2S. The highest BCUT2D eigenvalue weighted by Gasteiger charge is 2.16. The van der Waals surface area contributed by atoms with Crippen LogP contribution in [0, 0.1) is 6.92 Å². The van der Waals surface area contributed by atoms with E-state index >= 15 is 0 Å². The van der Waals surface area contributed by atoms with Gasteiger partial charge in [0.2, 0.25) is 0 Å². The van der Waals surface area contributed by atoms with E-state index in [9.17, 15) is 8.42 Å². The molecule has 5 heteroatoms. The molecule has 0 atom stereocenters. The van der Waals surface area contributed by atoms with Crippen LogP contribution in [0.3, 0.4) is 0 Å². The van der Waals surface area contributed by atoms with Gasteiger partial charge in [-0.15, -0.1) is 0 Å². The molecule has 0 spiro atoms. The molecule has 2 aromatic carbocycles. The molecule has 2 rings (SSSR count). The number of anilines is 1. The summed E-state index contributed by atoms with van der Waals surface area (Å²) in [7, 11) is -3.53. The van der Waals surface area contributed by atoms with Crippen molar-refractivity contribution in [3.63, 3.8) is 0 Å². The summed E-state index contributed by atoms with van der Waals surface area (Å²) in [5, 5.41) is 0.687. The molecule has 0 unspecified atom stereocenters. The number of halogens is 1. The summed E-state index contributed by atoms with van der Waals surface area (Å²) in [5.74, 6) is 0. The zero-order valence-electron chi connectivity index (χ0n) is 10.4. The van der Waals surface area contributed by atoms with Crippen molar-refractivity contribution in [2.75, 3.05) is 4.72 Å². The molecule has 0 saturated carbocycles. The molecule has 19 heavy (non-hydrogen) atoms. The minimum atomic E-state index is -3.53. The van der Waals surface area contributed by atoms with Crippen LogP contribution in [0.15, 0.2) is 53.4 Å². The van der Waals surface area contributed by atoms with Crippen molar-refractivity contribution in [3.8, 4) is 0 Å².